The molecule has 1 nitrogen and oxygen atoms in total. The van der Waals surface area contributed by atoms with Gasteiger partial charge in [-0.3, -0.25) is 0 Å². The first-order valence-corrected chi connectivity index (χ1v) is 14.7. The minimum absolute atomic E-state index is 0.431. The maximum atomic E-state index is 7.07. The Hall–Kier alpha value is -0.0831. The molecule has 0 bridgehead atoms. The van der Waals surface area contributed by atoms with E-state index in [2.05, 4.69) is 48.5 Å². The highest BCUT2D eigenvalue weighted by Crippen LogP contribution is 2.57. The monoisotopic (exact) mass is 392 g/mol. The van der Waals surface area contributed by atoms with E-state index in [1.807, 2.05) is 5.57 Å². The molecule has 0 saturated heterocycles. The van der Waals surface area contributed by atoms with Crippen molar-refractivity contribution < 1.29 is 4.43 Å². The lowest BCUT2D eigenvalue weighted by molar-refractivity contribution is 0.0246. The second-order valence-corrected chi connectivity index (χ2v) is 15.0. The normalized spacial score (nSPS) is 30.7. The summed E-state index contributed by atoms with van der Waals surface area (Å²) in [5.74, 6) is 1.63. The van der Waals surface area contributed by atoms with E-state index in [-0.39, 0.29) is 0 Å². The molecule has 0 amide bonds. The summed E-state index contributed by atoms with van der Waals surface area (Å²) in [5, 5.41) is 0. The highest BCUT2D eigenvalue weighted by molar-refractivity contribution is 6.73. The number of hydrogen-bond acceptors (Lipinski definition) is 1. The van der Waals surface area contributed by atoms with Gasteiger partial charge >= 0.3 is 0 Å². The first-order valence-electron chi connectivity index (χ1n) is 12.2. The molecule has 0 aliphatic heterocycles. The Morgan fingerprint density at radius 1 is 1.11 bits per heavy atom. The molecule has 2 fully saturated rings. The predicted molar refractivity (Wildman–Crippen MR) is 123 cm³/mol. The Morgan fingerprint density at radius 3 is 2.37 bits per heavy atom. The molecule has 0 aromatic carbocycles. The van der Waals surface area contributed by atoms with Crippen LogP contribution in [0.15, 0.2) is 11.1 Å². The largest absolute Gasteiger partial charge is 0.414 e. The quantitative estimate of drug-likeness (QED) is 0.206. The van der Waals surface area contributed by atoms with Crippen LogP contribution in [0, 0.1) is 17.3 Å². The average Bonchev–Trinajstić information content (AvgIpc) is 3.01. The van der Waals surface area contributed by atoms with Crippen LogP contribution in [0.25, 0.3) is 0 Å². The third-order valence-corrected chi connectivity index (χ3v) is 12.9. The fraction of sp³-hybridized carbons (Fsp3) is 0.920. The summed E-state index contributed by atoms with van der Waals surface area (Å²) in [6, 6.07) is 3.87. The van der Waals surface area contributed by atoms with Crippen molar-refractivity contribution in [3.8, 4) is 0 Å². The maximum absolute atomic E-state index is 7.07. The topological polar surface area (TPSA) is 9.23 Å². The zero-order chi connectivity index (χ0) is 20.1. The van der Waals surface area contributed by atoms with Gasteiger partial charge in [0.1, 0.15) is 0 Å². The molecular formula is C25H48OSi. The van der Waals surface area contributed by atoms with Gasteiger partial charge in [-0.2, -0.15) is 0 Å². The van der Waals surface area contributed by atoms with E-state index in [1.165, 1.54) is 75.9 Å². The molecule has 0 radical (unpaired) electrons. The summed E-state index contributed by atoms with van der Waals surface area (Å²) in [7, 11) is -1.50. The molecule has 2 aliphatic rings. The summed E-state index contributed by atoms with van der Waals surface area (Å²) in [6.07, 6.45) is 12.8. The predicted octanol–water partition coefficient (Wildman–Crippen LogP) is 8.51. The van der Waals surface area contributed by atoms with Crippen LogP contribution >= 0.6 is 0 Å². The Labute approximate surface area is 171 Å². The Morgan fingerprint density at radius 2 is 1.78 bits per heavy atom. The molecule has 0 unspecified atom stereocenters. The van der Waals surface area contributed by atoms with E-state index < -0.39 is 8.32 Å². The summed E-state index contributed by atoms with van der Waals surface area (Å²) in [5.41, 5.74) is 4.00. The van der Waals surface area contributed by atoms with E-state index >= 15 is 0 Å². The van der Waals surface area contributed by atoms with E-state index in [1.54, 1.807) is 5.57 Å². The van der Waals surface area contributed by atoms with Crippen LogP contribution in [-0.4, -0.2) is 14.4 Å². The molecular weight excluding hydrogens is 344 g/mol. The van der Waals surface area contributed by atoms with Crippen molar-refractivity contribution in [2.24, 2.45) is 17.3 Å². The van der Waals surface area contributed by atoms with Gasteiger partial charge < -0.3 is 4.43 Å². The van der Waals surface area contributed by atoms with Crippen LogP contribution < -0.4 is 0 Å². The van der Waals surface area contributed by atoms with Gasteiger partial charge in [0.25, 0.3) is 0 Å². The van der Waals surface area contributed by atoms with Gasteiger partial charge in [0, 0.05) is 6.10 Å². The lowest BCUT2D eigenvalue weighted by Crippen LogP contribution is -2.47. The third-order valence-electron chi connectivity index (χ3n) is 8.28. The van der Waals surface area contributed by atoms with Crippen molar-refractivity contribution in [1.82, 2.24) is 0 Å². The fourth-order valence-electron chi connectivity index (χ4n) is 6.19. The molecule has 0 heterocycles. The van der Waals surface area contributed by atoms with Crippen LogP contribution in [0.4, 0.5) is 0 Å². The fourth-order valence-corrected chi connectivity index (χ4v) is 9.11. The summed E-state index contributed by atoms with van der Waals surface area (Å²) >= 11 is 0. The van der Waals surface area contributed by atoms with Gasteiger partial charge in [0.05, 0.1) is 0 Å². The molecule has 158 valence electrons. The van der Waals surface area contributed by atoms with Crippen molar-refractivity contribution in [2.75, 3.05) is 0 Å². The van der Waals surface area contributed by atoms with Gasteiger partial charge in [-0.25, -0.2) is 0 Å². The standard InChI is InChI=1S/C25H48OSi/c1-8-27(9-2,10-3)26-24-16-13-19-25(7)22(17-18-23(24)25)21(6)15-12-11-14-20(4)5/h20,23-24H,8-19H2,1-7H3/b22-21-/t23-,24-,25+/m0/s1. The third kappa shape index (κ3) is 5.29. The first kappa shape index (κ1) is 23.2. The number of fused-ring (bicyclic) bond motifs is 1. The second kappa shape index (κ2) is 10.1. The molecule has 0 aromatic rings. The van der Waals surface area contributed by atoms with Crippen LogP contribution in [0.1, 0.15) is 106 Å². The molecule has 2 saturated carbocycles. The molecule has 27 heavy (non-hydrogen) atoms. The minimum atomic E-state index is -1.50. The van der Waals surface area contributed by atoms with Crippen molar-refractivity contribution in [3.05, 3.63) is 11.1 Å². The highest BCUT2D eigenvalue weighted by Gasteiger charge is 2.50. The number of rotatable bonds is 10. The summed E-state index contributed by atoms with van der Waals surface area (Å²) < 4.78 is 7.07. The van der Waals surface area contributed by atoms with Crippen LogP contribution in [0.5, 0.6) is 0 Å². The molecule has 2 rings (SSSR count). The molecule has 3 atom stereocenters. The van der Waals surface area contributed by atoms with Gasteiger partial charge in [-0.05, 0) is 80.8 Å². The zero-order valence-corrected chi connectivity index (χ0v) is 20.6. The van der Waals surface area contributed by atoms with Gasteiger partial charge in [0.2, 0.25) is 0 Å². The smallest absolute Gasteiger partial charge is 0.192 e. The zero-order valence-electron chi connectivity index (χ0n) is 19.6. The van der Waals surface area contributed by atoms with Crippen molar-refractivity contribution >= 4 is 8.32 Å². The van der Waals surface area contributed by atoms with Crippen molar-refractivity contribution in [3.63, 3.8) is 0 Å². The highest BCUT2D eigenvalue weighted by atomic mass is 28.4. The van der Waals surface area contributed by atoms with Crippen LogP contribution in [0.3, 0.4) is 0 Å². The van der Waals surface area contributed by atoms with Gasteiger partial charge in [-0.1, -0.05) is 72.0 Å². The molecule has 2 heteroatoms. The molecule has 0 spiro atoms. The summed E-state index contributed by atoms with van der Waals surface area (Å²) in [6.45, 7) is 16.9. The van der Waals surface area contributed by atoms with Gasteiger partial charge in [0.15, 0.2) is 8.32 Å². The van der Waals surface area contributed by atoms with Crippen LogP contribution in [-0.2, 0) is 4.43 Å². The molecule has 2 aliphatic carbocycles. The minimum Gasteiger partial charge on any atom is -0.414 e. The Kier molecular flexibility index (Phi) is 8.68. The van der Waals surface area contributed by atoms with Crippen molar-refractivity contribution in [1.29, 1.82) is 0 Å². The van der Waals surface area contributed by atoms with Crippen molar-refractivity contribution in [2.45, 2.75) is 130 Å². The van der Waals surface area contributed by atoms with Crippen LogP contribution in [0.2, 0.25) is 18.1 Å². The number of unbranched alkanes of at least 4 members (excludes halogenated alkanes) is 1. The molecule has 0 aromatic heterocycles. The first-order chi connectivity index (χ1) is 12.8. The second-order valence-electron chi connectivity index (χ2n) is 10.3. The van der Waals surface area contributed by atoms with Gasteiger partial charge in [-0.15, -0.1) is 0 Å². The summed E-state index contributed by atoms with van der Waals surface area (Å²) in [4.78, 5) is 0. The SMILES string of the molecule is CC[Si](CC)(CC)O[C@H]1CCC[C@]2(C)/C(=C(/C)CCCCC(C)C)CC[C@@H]12. The number of hydrogen-bond donors (Lipinski definition) is 0. The number of allylic oxidation sites excluding steroid dienone is 2. The lowest BCUT2D eigenvalue weighted by Gasteiger charge is -2.46. The van der Waals surface area contributed by atoms with E-state index in [9.17, 15) is 0 Å². The lowest BCUT2D eigenvalue weighted by atomic mass is 9.65. The van der Waals surface area contributed by atoms with E-state index in [0.29, 0.717) is 11.5 Å². The molecule has 0 N–H and O–H groups in total. The Balaban J connectivity index is 2.09. The van der Waals surface area contributed by atoms with E-state index in [0.717, 1.165) is 11.8 Å². The maximum Gasteiger partial charge on any atom is 0.192 e. The Bertz CT molecular complexity index is 482. The average molecular weight is 393 g/mol. The van der Waals surface area contributed by atoms with E-state index in [4.69, 9.17) is 4.43 Å².